The monoisotopic (exact) mass is 136 g/mol. The third kappa shape index (κ3) is 3.79. The molecule has 0 aromatic rings. The Morgan fingerprint density at radius 3 is 2.50 bits per heavy atom. The summed E-state index contributed by atoms with van der Waals surface area (Å²) in [4.78, 5) is 0. The van der Waals surface area contributed by atoms with Crippen molar-refractivity contribution in [3.63, 3.8) is 0 Å². The fourth-order valence-electron chi connectivity index (χ4n) is 0.210. The highest BCUT2D eigenvalue weighted by atomic mass is 32.1. The van der Waals surface area contributed by atoms with Gasteiger partial charge in [-0.3, -0.25) is 0 Å². The van der Waals surface area contributed by atoms with E-state index in [0.29, 0.717) is 0 Å². The first-order valence-electron chi connectivity index (χ1n) is 2.01. The fraction of sp³-hybridized carbons (Fsp3) is 0.667. The number of hydrogen-bond acceptors (Lipinski definition) is 3. The van der Waals surface area contributed by atoms with E-state index in [1.54, 1.807) is 0 Å². The number of rotatable bonds is 2. The fourth-order valence-corrected chi connectivity index (χ4v) is 0.346. The lowest BCUT2D eigenvalue weighted by molar-refractivity contribution is 0.0843. The second kappa shape index (κ2) is 3.59. The van der Waals surface area contributed by atoms with Crippen LogP contribution in [0.15, 0.2) is 0 Å². The Morgan fingerprint density at radius 1 is 1.88 bits per heavy atom. The summed E-state index contributed by atoms with van der Waals surface area (Å²) in [7, 11) is 0. The van der Waals surface area contributed by atoms with Gasteiger partial charge in [-0.1, -0.05) is 0 Å². The highest BCUT2D eigenvalue weighted by molar-refractivity contribution is 7.80. The normalized spacial score (nSPS) is 12.8. The highest BCUT2D eigenvalue weighted by Gasteiger charge is 1.97. The van der Waals surface area contributed by atoms with Gasteiger partial charge in [0, 0.05) is 0 Å². The summed E-state index contributed by atoms with van der Waals surface area (Å²) in [5.74, 6) is 0. The summed E-state index contributed by atoms with van der Waals surface area (Å²) in [6, 6.07) is 0. The molecule has 0 aromatic heterocycles. The van der Waals surface area contributed by atoms with Crippen LogP contribution < -0.4 is 11.1 Å². The molecule has 0 radical (unpaired) electrons. The van der Waals surface area contributed by atoms with Crippen molar-refractivity contribution in [2.75, 3.05) is 6.61 Å². The highest BCUT2D eigenvalue weighted by Crippen LogP contribution is 1.69. The van der Waals surface area contributed by atoms with Gasteiger partial charge in [-0.05, 0) is 12.2 Å². The predicted octanol–water partition coefficient (Wildman–Crippen LogP) is -1.87. The van der Waals surface area contributed by atoms with Gasteiger partial charge in [0.15, 0.2) is 5.11 Å². The number of thiocarbonyl (C=S) groups is 1. The molecule has 0 heterocycles. The van der Waals surface area contributed by atoms with Crippen LogP contribution in [-0.4, -0.2) is 28.2 Å². The SMILES string of the molecule is NC(=S)NC(O)CO. The van der Waals surface area contributed by atoms with Crippen molar-refractivity contribution in [2.24, 2.45) is 5.73 Å². The van der Waals surface area contributed by atoms with Crippen LogP contribution in [0.2, 0.25) is 0 Å². The van der Waals surface area contributed by atoms with Crippen molar-refractivity contribution in [3.05, 3.63) is 0 Å². The van der Waals surface area contributed by atoms with E-state index in [1.807, 2.05) is 0 Å². The van der Waals surface area contributed by atoms with E-state index < -0.39 is 12.8 Å². The van der Waals surface area contributed by atoms with Crippen molar-refractivity contribution in [3.8, 4) is 0 Å². The maximum Gasteiger partial charge on any atom is 0.165 e. The Kier molecular flexibility index (Phi) is 3.42. The number of nitrogens with two attached hydrogens (primary N) is 1. The molecule has 5 heteroatoms. The van der Waals surface area contributed by atoms with Crippen molar-refractivity contribution >= 4 is 17.3 Å². The summed E-state index contributed by atoms with van der Waals surface area (Å²) in [5, 5.41) is 18.8. The summed E-state index contributed by atoms with van der Waals surface area (Å²) >= 11 is 4.33. The van der Waals surface area contributed by atoms with Crippen LogP contribution in [0.5, 0.6) is 0 Å². The van der Waals surface area contributed by atoms with Crippen LogP contribution in [0, 0.1) is 0 Å². The van der Waals surface area contributed by atoms with E-state index in [-0.39, 0.29) is 5.11 Å². The molecule has 0 aliphatic heterocycles. The standard InChI is InChI=1S/C3H8N2O2S/c4-3(8)5-2(7)1-6/h2,6-7H,1H2,(H3,4,5,8). The largest absolute Gasteiger partial charge is 0.392 e. The van der Waals surface area contributed by atoms with Crippen molar-refractivity contribution in [2.45, 2.75) is 6.23 Å². The molecule has 0 bridgehead atoms. The molecule has 0 aliphatic carbocycles. The van der Waals surface area contributed by atoms with Crippen molar-refractivity contribution in [1.29, 1.82) is 0 Å². The molecule has 0 amide bonds. The molecule has 0 aromatic carbocycles. The topological polar surface area (TPSA) is 78.5 Å². The first-order valence-corrected chi connectivity index (χ1v) is 2.42. The van der Waals surface area contributed by atoms with Gasteiger partial charge in [0.25, 0.3) is 0 Å². The smallest absolute Gasteiger partial charge is 0.165 e. The van der Waals surface area contributed by atoms with Crippen LogP contribution >= 0.6 is 12.2 Å². The van der Waals surface area contributed by atoms with Gasteiger partial charge < -0.3 is 21.3 Å². The van der Waals surface area contributed by atoms with Gasteiger partial charge in [0.05, 0.1) is 6.61 Å². The van der Waals surface area contributed by atoms with Crippen molar-refractivity contribution < 1.29 is 10.2 Å². The predicted molar refractivity (Wildman–Crippen MR) is 33.0 cm³/mol. The van der Waals surface area contributed by atoms with E-state index >= 15 is 0 Å². The minimum absolute atomic E-state index is 0.0217. The second-order valence-corrected chi connectivity index (χ2v) is 1.65. The zero-order valence-electron chi connectivity index (χ0n) is 4.16. The van der Waals surface area contributed by atoms with Crippen LogP contribution in [-0.2, 0) is 0 Å². The summed E-state index contributed by atoms with van der Waals surface area (Å²) in [5.41, 5.74) is 4.92. The Labute approximate surface area is 52.3 Å². The third-order valence-corrected chi connectivity index (χ3v) is 0.600. The first-order chi connectivity index (χ1) is 3.66. The Morgan fingerprint density at radius 2 is 2.38 bits per heavy atom. The van der Waals surface area contributed by atoms with E-state index in [9.17, 15) is 0 Å². The van der Waals surface area contributed by atoms with Crippen LogP contribution in [0.3, 0.4) is 0 Å². The molecule has 0 spiro atoms. The van der Waals surface area contributed by atoms with E-state index in [2.05, 4.69) is 17.5 Å². The molecule has 1 atom stereocenters. The van der Waals surface area contributed by atoms with Crippen LogP contribution in [0.25, 0.3) is 0 Å². The number of hydrogen-bond donors (Lipinski definition) is 4. The summed E-state index contributed by atoms with van der Waals surface area (Å²) in [6.45, 7) is -0.392. The van der Waals surface area contributed by atoms with Gasteiger partial charge in [-0.15, -0.1) is 0 Å². The molecule has 8 heavy (non-hydrogen) atoms. The molecular formula is C3H8N2O2S. The van der Waals surface area contributed by atoms with Gasteiger partial charge in [0.1, 0.15) is 6.23 Å². The molecule has 5 N–H and O–H groups in total. The zero-order chi connectivity index (χ0) is 6.57. The van der Waals surface area contributed by atoms with Gasteiger partial charge in [0.2, 0.25) is 0 Å². The molecule has 0 fully saturated rings. The second-order valence-electron chi connectivity index (χ2n) is 1.21. The van der Waals surface area contributed by atoms with Crippen molar-refractivity contribution in [1.82, 2.24) is 5.32 Å². The van der Waals surface area contributed by atoms with Crippen LogP contribution in [0.4, 0.5) is 0 Å². The van der Waals surface area contributed by atoms with Gasteiger partial charge in [-0.25, -0.2) is 0 Å². The molecule has 4 nitrogen and oxygen atoms in total. The average Bonchev–Trinajstić information content (AvgIpc) is 1.65. The summed E-state index contributed by atoms with van der Waals surface area (Å²) in [6.07, 6.45) is -1.03. The molecule has 48 valence electrons. The molecule has 0 saturated carbocycles. The summed E-state index contributed by atoms with van der Waals surface area (Å²) < 4.78 is 0. The lowest BCUT2D eigenvalue weighted by atomic mass is 10.6. The molecular weight excluding hydrogens is 128 g/mol. The van der Waals surface area contributed by atoms with Gasteiger partial charge >= 0.3 is 0 Å². The van der Waals surface area contributed by atoms with Gasteiger partial charge in [-0.2, -0.15) is 0 Å². The Balaban J connectivity index is 3.24. The maximum atomic E-state index is 8.50. The molecule has 0 aliphatic rings. The number of aliphatic hydroxyl groups excluding tert-OH is 2. The van der Waals surface area contributed by atoms with E-state index in [4.69, 9.17) is 15.9 Å². The zero-order valence-corrected chi connectivity index (χ0v) is 4.98. The minimum atomic E-state index is -1.03. The molecule has 0 rings (SSSR count). The lowest BCUT2D eigenvalue weighted by Crippen LogP contribution is -2.40. The minimum Gasteiger partial charge on any atom is -0.392 e. The van der Waals surface area contributed by atoms with E-state index in [0.717, 1.165) is 0 Å². The molecule has 1 unspecified atom stereocenters. The average molecular weight is 136 g/mol. The number of nitrogens with one attached hydrogen (secondary N) is 1. The van der Waals surface area contributed by atoms with Crippen LogP contribution in [0.1, 0.15) is 0 Å². The Bertz CT molecular complexity index is 87.4. The number of aliphatic hydroxyl groups is 2. The Hall–Kier alpha value is -0.390. The maximum absolute atomic E-state index is 8.50. The first kappa shape index (κ1) is 7.61. The molecule has 0 saturated heterocycles. The third-order valence-electron chi connectivity index (χ3n) is 0.482. The lowest BCUT2D eigenvalue weighted by Gasteiger charge is -2.07. The quantitative estimate of drug-likeness (QED) is 0.264. The van der Waals surface area contributed by atoms with E-state index in [1.165, 1.54) is 0 Å².